The lowest BCUT2D eigenvalue weighted by atomic mass is 9.93. The van der Waals surface area contributed by atoms with Crippen LogP contribution in [0.1, 0.15) is 36.6 Å². The van der Waals surface area contributed by atoms with Gasteiger partial charge in [-0.1, -0.05) is 42.5 Å². The van der Waals surface area contributed by atoms with Crippen molar-refractivity contribution in [3.8, 4) is 5.75 Å². The summed E-state index contributed by atoms with van der Waals surface area (Å²) in [5, 5.41) is 7.90. The van der Waals surface area contributed by atoms with E-state index in [9.17, 15) is 0 Å². The number of benzene rings is 2. The molecule has 1 aliphatic rings. The second-order valence-electron chi connectivity index (χ2n) is 5.89. The van der Waals surface area contributed by atoms with Gasteiger partial charge in [-0.3, -0.25) is 0 Å². The molecule has 2 heterocycles. The molecular formula is C19H20N4O. The van der Waals surface area contributed by atoms with Crippen LogP contribution in [0.15, 0.2) is 60.9 Å². The number of nitrogens with zero attached hydrogens (tertiary/aromatic N) is 3. The molecule has 0 radical (unpaired) electrons. The summed E-state index contributed by atoms with van der Waals surface area (Å²) in [7, 11) is 0. The minimum absolute atomic E-state index is 0.157. The van der Waals surface area contributed by atoms with Gasteiger partial charge in [0.25, 0.3) is 0 Å². The lowest BCUT2D eigenvalue weighted by Crippen LogP contribution is -2.28. The van der Waals surface area contributed by atoms with Gasteiger partial charge in [0.15, 0.2) is 0 Å². The highest BCUT2D eigenvalue weighted by atomic mass is 16.5. The third kappa shape index (κ3) is 2.73. The number of rotatable bonds is 4. The van der Waals surface area contributed by atoms with Crippen LogP contribution < -0.4 is 10.1 Å². The number of aromatic nitrogens is 3. The van der Waals surface area contributed by atoms with Gasteiger partial charge < -0.3 is 10.1 Å². The molecule has 0 aliphatic carbocycles. The molecule has 0 saturated heterocycles. The Morgan fingerprint density at radius 1 is 1.08 bits per heavy atom. The Bertz CT molecular complexity index is 798. The average Bonchev–Trinajstić information content (AvgIpc) is 3.11. The normalized spacial score (nSPS) is 19.4. The Labute approximate surface area is 141 Å². The highest BCUT2D eigenvalue weighted by molar-refractivity contribution is 5.39. The van der Waals surface area contributed by atoms with Gasteiger partial charge in [-0.05, 0) is 36.6 Å². The van der Waals surface area contributed by atoms with E-state index in [4.69, 9.17) is 4.74 Å². The minimum Gasteiger partial charge on any atom is -0.494 e. The summed E-state index contributed by atoms with van der Waals surface area (Å²) in [5.41, 5.74) is 2.48. The molecular weight excluding hydrogens is 300 g/mol. The van der Waals surface area contributed by atoms with Crippen molar-refractivity contribution in [2.45, 2.75) is 25.4 Å². The van der Waals surface area contributed by atoms with Crippen molar-refractivity contribution in [3.05, 3.63) is 72.1 Å². The van der Waals surface area contributed by atoms with Crippen LogP contribution in [-0.4, -0.2) is 21.4 Å². The highest BCUT2D eigenvalue weighted by Gasteiger charge is 2.29. The Morgan fingerprint density at radius 3 is 2.62 bits per heavy atom. The van der Waals surface area contributed by atoms with Crippen LogP contribution in [-0.2, 0) is 0 Å². The standard InChI is InChI=1S/C19H20N4O/c1-2-24-16-10-8-15(9-11-16)18-12-17(14-6-4-3-5-7-14)22-19-20-13-21-23(18)19/h3-11,13,17-18H,2,12H2,1H3,(H,20,21,22). The molecule has 3 aromatic rings. The number of nitrogens with one attached hydrogen (secondary N) is 1. The number of fused-ring (bicyclic) bond motifs is 1. The van der Waals surface area contributed by atoms with Crippen molar-refractivity contribution in [3.63, 3.8) is 0 Å². The molecule has 4 rings (SSSR count). The van der Waals surface area contributed by atoms with Crippen LogP contribution in [0, 0.1) is 0 Å². The van der Waals surface area contributed by atoms with Gasteiger partial charge in [-0.15, -0.1) is 0 Å². The molecule has 2 unspecified atom stereocenters. The van der Waals surface area contributed by atoms with E-state index in [1.807, 2.05) is 29.8 Å². The van der Waals surface area contributed by atoms with Crippen molar-refractivity contribution in [2.75, 3.05) is 11.9 Å². The molecule has 0 amide bonds. The fourth-order valence-electron chi connectivity index (χ4n) is 3.25. The zero-order valence-corrected chi connectivity index (χ0v) is 13.6. The van der Waals surface area contributed by atoms with E-state index >= 15 is 0 Å². The first kappa shape index (κ1) is 14.8. The van der Waals surface area contributed by atoms with Gasteiger partial charge in [0.1, 0.15) is 12.1 Å². The Hall–Kier alpha value is -2.82. The maximum atomic E-state index is 5.55. The third-order valence-electron chi connectivity index (χ3n) is 4.41. The van der Waals surface area contributed by atoms with E-state index in [1.54, 1.807) is 6.33 Å². The molecule has 122 valence electrons. The lowest BCUT2D eigenvalue weighted by molar-refractivity contribution is 0.340. The molecule has 5 nitrogen and oxygen atoms in total. The topological polar surface area (TPSA) is 52.0 Å². The van der Waals surface area contributed by atoms with Gasteiger partial charge >= 0.3 is 0 Å². The predicted molar refractivity (Wildman–Crippen MR) is 93.2 cm³/mol. The zero-order valence-electron chi connectivity index (χ0n) is 13.6. The summed E-state index contributed by atoms with van der Waals surface area (Å²) in [5.74, 6) is 1.71. The van der Waals surface area contributed by atoms with Crippen molar-refractivity contribution in [2.24, 2.45) is 0 Å². The molecule has 0 saturated carbocycles. The second kappa shape index (κ2) is 6.35. The molecule has 2 atom stereocenters. The van der Waals surface area contributed by atoms with Crippen LogP contribution in [0.2, 0.25) is 0 Å². The summed E-state index contributed by atoms with van der Waals surface area (Å²) in [4.78, 5) is 4.37. The number of hydrogen-bond acceptors (Lipinski definition) is 4. The molecule has 1 aliphatic heterocycles. The highest BCUT2D eigenvalue weighted by Crippen LogP contribution is 2.37. The molecule has 0 spiro atoms. The SMILES string of the molecule is CCOc1ccc(C2CC(c3ccccc3)Nc3ncnn32)cc1. The van der Waals surface area contributed by atoms with Crippen molar-refractivity contribution >= 4 is 5.95 Å². The molecule has 1 N–H and O–H groups in total. The zero-order chi connectivity index (χ0) is 16.4. The van der Waals surface area contributed by atoms with E-state index in [0.717, 1.165) is 18.1 Å². The quantitative estimate of drug-likeness (QED) is 0.794. The summed E-state index contributed by atoms with van der Waals surface area (Å²) in [6, 6.07) is 19.2. The van der Waals surface area contributed by atoms with Crippen molar-refractivity contribution < 1.29 is 4.74 Å². The van der Waals surface area contributed by atoms with E-state index < -0.39 is 0 Å². The van der Waals surface area contributed by atoms with Gasteiger partial charge in [-0.2, -0.15) is 10.1 Å². The molecule has 1 aromatic heterocycles. The van der Waals surface area contributed by atoms with Gasteiger partial charge in [0, 0.05) is 0 Å². The van der Waals surface area contributed by atoms with Crippen LogP contribution in [0.3, 0.4) is 0 Å². The van der Waals surface area contributed by atoms with Crippen molar-refractivity contribution in [1.29, 1.82) is 0 Å². The summed E-state index contributed by atoms with van der Waals surface area (Å²) >= 11 is 0. The monoisotopic (exact) mass is 320 g/mol. The summed E-state index contributed by atoms with van der Waals surface area (Å²) < 4.78 is 7.51. The Morgan fingerprint density at radius 2 is 1.88 bits per heavy atom. The maximum Gasteiger partial charge on any atom is 0.222 e. The molecule has 5 heteroatoms. The molecule has 2 aromatic carbocycles. The Kier molecular flexibility index (Phi) is 3.91. The average molecular weight is 320 g/mol. The third-order valence-corrected chi connectivity index (χ3v) is 4.41. The number of ether oxygens (including phenoxy) is 1. The largest absolute Gasteiger partial charge is 0.494 e. The van der Waals surface area contributed by atoms with E-state index in [-0.39, 0.29) is 12.1 Å². The predicted octanol–water partition coefficient (Wildman–Crippen LogP) is 3.82. The van der Waals surface area contributed by atoms with Crippen LogP contribution in [0.5, 0.6) is 5.75 Å². The Balaban J connectivity index is 1.66. The van der Waals surface area contributed by atoms with E-state index in [1.165, 1.54) is 11.1 Å². The molecule has 24 heavy (non-hydrogen) atoms. The smallest absolute Gasteiger partial charge is 0.222 e. The van der Waals surface area contributed by atoms with Crippen LogP contribution in [0.4, 0.5) is 5.95 Å². The number of anilines is 1. The lowest BCUT2D eigenvalue weighted by Gasteiger charge is -2.31. The minimum atomic E-state index is 0.157. The van der Waals surface area contributed by atoms with E-state index in [0.29, 0.717) is 6.61 Å². The van der Waals surface area contributed by atoms with Crippen molar-refractivity contribution in [1.82, 2.24) is 14.8 Å². The fraction of sp³-hybridized carbons (Fsp3) is 0.263. The second-order valence-corrected chi connectivity index (χ2v) is 5.89. The summed E-state index contributed by atoms with van der Waals surface area (Å²) in [6.45, 7) is 2.67. The molecule has 0 bridgehead atoms. The first-order chi connectivity index (χ1) is 11.8. The number of hydrogen-bond donors (Lipinski definition) is 1. The van der Waals surface area contributed by atoms with Gasteiger partial charge in [0.05, 0.1) is 18.7 Å². The van der Waals surface area contributed by atoms with E-state index in [2.05, 4.69) is 51.8 Å². The van der Waals surface area contributed by atoms with Gasteiger partial charge in [0.2, 0.25) is 5.95 Å². The fourth-order valence-corrected chi connectivity index (χ4v) is 3.25. The first-order valence-electron chi connectivity index (χ1n) is 8.29. The maximum absolute atomic E-state index is 5.55. The van der Waals surface area contributed by atoms with Crippen LogP contribution >= 0.6 is 0 Å². The molecule has 0 fully saturated rings. The first-order valence-corrected chi connectivity index (χ1v) is 8.29. The van der Waals surface area contributed by atoms with Gasteiger partial charge in [-0.25, -0.2) is 4.68 Å². The van der Waals surface area contributed by atoms with Crippen LogP contribution in [0.25, 0.3) is 0 Å². The summed E-state index contributed by atoms with van der Waals surface area (Å²) in [6.07, 6.45) is 2.53.